The van der Waals surface area contributed by atoms with Crippen molar-refractivity contribution >= 4 is 0 Å². The van der Waals surface area contributed by atoms with E-state index in [1.165, 1.54) is 25.1 Å². The molecule has 3 unspecified atom stereocenters. The van der Waals surface area contributed by atoms with Gasteiger partial charge in [0.05, 0.1) is 6.20 Å². The van der Waals surface area contributed by atoms with Gasteiger partial charge in [-0.05, 0) is 43.7 Å². The molecule has 3 atom stereocenters. The number of ether oxygens (including phenoxy) is 1. The molecule has 1 fully saturated rings. The summed E-state index contributed by atoms with van der Waals surface area (Å²) in [7, 11) is 1.84. The van der Waals surface area contributed by atoms with Gasteiger partial charge in [-0.3, -0.25) is 0 Å². The number of nitrogens with one attached hydrogen (secondary N) is 1. The van der Waals surface area contributed by atoms with Crippen molar-refractivity contribution in [2.45, 2.75) is 52.7 Å². The number of nitrogens with zero attached hydrogens (tertiary/aromatic N) is 1. The van der Waals surface area contributed by atoms with Crippen molar-refractivity contribution in [1.82, 2.24) is 10.3 Å². The van der Waals surface area contributed by atoms with E-state index in [0.717, 1.165) is 12.0 Å². The molecule has 0 amide bonds. The summed E-state index contributed by atoms with van der Waals surface area (Å²) in [6.07, 6.45) is 4.95. The van der Waals surface area contributed by atoms with E-state index in [0.29, 0.717) is 30.2 Å². The van der Waals surface area contributed by atoms with Crippen molar-refractivity contribution in [2.75, 3.05) is 7.05 Å². The summed E-state index contributed by atoms with van der Waals surface area (Å²) in [6, 6.07) is 1.51. The molecule has 1 aliphatic carbocycles. The van der Waals surface area contributed by atoms with E-state index >= 15 is 0 Å². The SMILES string of the molecule is CNCc1cc(F)cnc1OC1CC(C)CCC1C(C)C. The van der Waals surface area contributed by atoms with Crippen molar-refractivity contribution in [3.63, 3.8) is 0 Å². The van der Waals surface area contributed by atoms with Crippen LogP contribution in [0.5, 0.6) is 5.88 Å². The van der Waals surface area contributed by atoms with Crippen molar-refractivity contribution in [3.8, 4) is 5.88 Å². The maximum absolute atomic E-state index is 13.4. The molecular weight excluding hydrogens is 267 g/mol. The van der Waals surface area contributed by atoms with Gasteiger partial charge in [0.15, 0.2) is 0 Å². The highest BCUT2D eigenvalue weighted by Gasteiger charge is 2.32. The Labute approximate surface area is 127 Å². The molecule has 4 heteroatoms. The molecule has 3 nitrogen and oxygen atoms in total. The topological polar surface area (TPSA) is 34.2 Å². The Morgan fingerprint density at radius 3 is 2.86 bits per heavy atom. The molecule has 1 N–H and O–H groups in total. The molecule has 21 heavy (non-hydrogen) atoms. The second-order valence-corrected chi connectivity index (χ2v) is 6.63. The fraction of sp³-hybridized carbons (Fsp3) is 0.706. The summed E-state index contributed by atoms with van der Waals surface area (Å²) in [5.74, 6) is 2.09. The molecule has 1 aromatic heterocycles. The number of aromatic nitrogens is 1. The number of pyridine rings is 1. The van der Waals surface area contributed by atoms with Crippen LogP contribution in [0.1, 0.15) is 45.6 Å². The molecule has 1 heterocycles. The molecule has 0 saturated heterocycles. The molecule has 0 aliphatic heterocycles. The third-order valence-electron chi connectivity index (χ3n) is 4.48. The molecule has 0 aromatic carbocycles. The van der Waals surface area contributed by atoms with Crippen molar-refractivity contribution in [1.29, 1.82) is 0 Å². The molecule has 0 radical (unpaired) electrons. The van der Waals surface area contributed by atoms with E-state index in [1.54, 1.807) is 0 Å². The van der Waals surface area contributed by atoms with Crippen LogP contribution in [0.2, 0.25) is 0 Å². The lowest BCUT2D eigenvalue weighted by molar-refractivity contribution is 0.0417. The van der Waals surface area contributed by atoms with Gasteiger partial charge in [-0.25, -0.2) is 9.37 Å². The van der Waals surface area contributed by atoms with Crippen LogP contribution < -0.4 is 10.1 Å². The summed E-state index contributed by atoms with van der Waals surface area (Å²) in [6.45, 7) is 7.35. The summed E-state index contributed by atoms with van der Waals surface area (Å²) >= 11 is 0. The van der Waals surface area contributed by atoms with Gasteiger partial charge < -0.3 is 10.1 Å². The largest absolute Gasteiger partial charge is 0.474 e. The van der Waals surface area contributed by atoms with Gasteiger partial charge in [-0.2, -0.15) is 0 Å². The van der Waals surface area contributed by atoms with E-state index in [1.807, 2.05) is 7.05 Å². The van der Waals surface area contributed by atoms with Gasteiger partial charge in [0, 0.05) is 12.1 Å². The van der Waals surface area contributed by atoms with E-state index in [9.17, 15) is 4.39 Å². The average molecular weight is 294 g/mol. The monoisotopic (exact) mass is 294 g/mol. The second kappa shape index (κ2) is 7.21. The smallest absolute Gasteiger partial charge is 0.218 e. The fourth-order valence-corrected chi connectivity index (χ4v) is 3.29. The van der Waals surface area contributed by atoms with Crippen LogP contribution in [0.15, 0.2) is 12.3 Å². The van der Waals surface area contributed by atoms with Gasteiger partial charge in [0.1, 0.15) is 11.9 Å². The van der Waals surface area contributed by atoms with E-state index < -0.39 is 0 Å². The first-order chi connectivity index (χ1) is 10.0. The van der Waals surface area contributed by atoms with Crippen LogP contribution in [0, 0.1) is 23.6 Å². The minimum atomic E-state index is -0.315. The Balaban J connectivity index is 2.18. The lowest BCUT2D eigenvalue weighted by Gasteiger charge is -2.37. The van der Waals surface area contributed by atoms with E-state index in [-0.39, 0.29) is 11.9 Å². The molecule has 0 spiro atoms. The first kappa shape index (κ1) is 16.2. The summed E-state index contributed by atoms with van der Waals surface area (Å²) in [5.41, 5.74) is 0.790. The Hall–Kier alpha value is -1.16. The van der Waals surface area contributed by atoms with Crippen LogP contribution in [-0.2, 0) is 6.54 Å². The molecule has 2 rings (SSSR count). The number of rotatable bonds is 5. The summed E-state index contributed by atoms with van der Waals surface area (Å²) < 4.78 is 19.6. The number of hydrogen-bond acceptors (Lipinski definition) is 3. The Morgan fingerprint density at radius 2 is 2.19 bits per heavy atom. The standard InChI is InChI=1S/C17H27FN2O/c1-11(2)15-6-5-12(3)7-16(15)21-17-13(9-19-4)8-14(18)10-20-17/h8,10-12,15-16,19H,5-7,9H2,1-4H3. The Morgan fingerprint density at radius 1 is 1.43 bits per heavy atom. The first-order valence-corrected chi connectivity index (χ1v) is 7.97. The number of hydrogen-bond donors (Lipinski definition) is 1. The maximum Gasteiger partial charge on any atom is 0.218 e. The van der Waals surface area contributed by atoms with Gasteiger partial charge in [-0.15, -0.1) is 0 Å². The summed E-state index contributed by atoms with van der Waals surface area (Å²) in [5, 5.41) is 3.04. The molecule has 0 bridgehead atoms. The quantitative estimate of drug-likeness (QED) is 0.897. The van der Waals surface area contributed by atoms with Crippen LogP contribution in [0.25, 0.3) is 0 Å². The highest BCUT2D eigenvalue weighted by Crippen LogP contribution is 2.36. The van der Waals surface area contributed by atoms with Crippen LogP contribution >= 0.6 is 0 Å². The molecule has 1 aliphatic rings. The van der Waals surface area contributed by atoms with Crippen LogP contribution in [0.3, 0.4) is 0 Å². The van der Waals surface area contributed by atoms with Gasteiger partial charge >= 0.3 is 0 Å². The zero-order valence-electron chi connectivity index (χ0n) is 13.5. The molecular formula is C17H27FN2O. The zero-order valence-corrected chi connectivity index (χ0v) is 13.5. The Kier molecular flexibility index (Phi) is 5.57. The predicted molar refractivity (Wildman–Crippen MR) is 82.7 cm³/mol. The van der Waals surface area contributed by atoms with Crippen LogP contribution in [0.4, 0.5) is 4.39 Å². The normalized spacial score (nSPS) is 26.1. The molecule has 1 aromatic rings. The lowest BCUT2D eigenvalue weighted by atomic mass is 9.75. The third-order valence-corrected chi connectivity index (χ3v) is 4.48. The van der Waals surface area contributed by atoms with Crippen molar-refractivity contribution in [3.05, 3.63) is 23.6 Å². The number of halogens is 1. The Bertz CT molecular complexity index is 464. The van der Waals surface area contributed by atoms with Gasteiger partial charge in [-0.1, -0.05) is 27.2 Å². The van der Waals surface area contributed by atoms with E-state index in [4.69, 9.17) is 4.74 Å². The van der Waals surface area contributed by atoms with Crippen molar-refractivity contribution < 1.29 is 9.13 Å². The van der Waals surface area contributed by atoms with Gasteiger partial charge in [0.25, 0.3) is 0 Å². The molecule has 1 saturated carbocycles. The molecule has 118 valence electrons. The zero-order chi connectivity index (χ0) is 15.4. The highest BCUT2D eigenvalue weighted by atomic mass is 19.1. The highest BCUT2D eigenvalue weighted by molar-refractivity contribution is 5.26. The lowest BCUT2D eigenvalue weighted by Crippen LogP contribution is -2.36. The van der Waals surface area contributed by atoms with E-state index in [2.05, 4.69) is 31.1 Å². The minimum Gasteiger partial charge on any atom is -0.474 e. The second-order valence-electron chi connectivity index (χ2n) is 6.63. The van der Waals surface area contributed by atoms with Crippen LogP contribution in [-0.4, -0.2) is 18.1 Å². The third kappa shape index (κ3) is 4.16. The summed E-state index contributed by atoms with van der Waals surface area (Å²) in [4.78, 5) is 4.17. The van der Waals surface area contributed by atoms with Crippen molar-refractivity contribution in [2.24, 2.45) is 17.8 Å². The predicted octanol–water partition coefficient (Wildman–Crippen LogP) is 3.78. The van der Waals surface area contributed by atoms with Gasteiger partial charge in [0.2, 0.25) is 5.88 Å². The first-order valence-electron chi connectivity index (χ1n) is 7.97. The minimum absolute atomic E-state index is 0.183. The maximum atomic E-state index is 13.4. The average Bonchev–Trinajstić information content (AvgIpc) is 2.42. The fourth-order valence-electron chi connectivity index (χ4n) is 3.29.